The lowest BCUT2D eigenvalue weighted by atomic mass is 9.75. The van der Waals surface area contributed by atoms with Gasteiger partial charge in [-0.2, -0.15) is 0 Å². The van der Waals surface area contributed by atoms with Gasteiger partial charge in [0.2, 0.25) is 5.91 Å². The Morgan fingerprint density at radius 1 is 1.10 bits per heavy atom. The van der Waals surface area contributed by atoms with Crippen LogP contribution in [0.4, 0.5) is 5.69 Å². The minimum atomic E-state index is -0.475. The van der Waals surface area contributed by atoms with Crippen molar-refractivity contribution < 1.29 is 9.59 Å². The van der Waals surface area contributed by atoms with E-state index in [9.17, 15) is 9.59 Å². The molecule has 0 spiro atoms. The van der Waals surface area contributed by atoms with Crippen molar-refractivity contribution in [2.75, 3.05) is 31.5 Å². The van der Waals surface area contributed by atoms with Crippen molar-refractivity contribution in [1.82, 2.24) is 14.8 Å². The number of benzene rings is 1. The van der Waals surface area contributed by atoms with E-state index in [4.69, 9.17) is 0 Å². The highest BCUT2D eigenvalue weighted by Gasteiger charge is 2.53. The average Bonchev–Trinajstić information content (AvgIpc) is 3.02. The summed E-state index contributed by atoms with van der Waals surface area (Å²) in [6, 6.07) is 13.3. The number of nitrogens with zero attached hydrogens (tertiary/aromatic N) is 3. The van der Waals surface area contributed by atoms with Crippen LogP contribution in [0.15, 0.2) is 54.9 Å². The van der Waals surface area contributed by atoms with E-state index in [-0.39, 0.29) is 17.9 Å². The third kappa shape index (κ3) is 3.77. The molecule has 0 saturated carbocycles. The maximum Gasteiger partial charge on any atom is 0.253 e. The van der Waals surface area contributed by atoms with Crippen LogP contribution >= 0.6 is 0 Å². The van der Waals surface area contributed by atoms with E-state index in [1.807, 2.05) is 47.4 Å². The molecule has 1 aromatic carbocycles. The highest BCUT2D eigenvalue weighted by molar-refractivity contribution is 5.97. The molecule has 3 heterocycles. The molecule has 1 N–H and O–H groups in total. The van der Waals surface area contributed by atoms with Gasteiger partial charge in [-0.3, -0.25) is 19.5 Å². The zero-order chi connectivity index (χ0) is 20.3. The van der Waals surface area contributed by atoms with E-state index in [0.717, 1.165) is 31.6 Å². The van der Waals surface area contributed by atoms with Gasteiger partial charge in [-0.25, -0.2) is 0 Å². The van der Waals surface area contributed by atoms with Gasteiger partial charge in [-0.15, -0.1) is 0 Å². The van der Waals surface area contributed by atoms with Gasteiger partial charge in [0.15, 0.2) is 0 Å². The Bertz CT molecular complexity index is 858. The molecular weight excluding hydrogens is 364 g/mol. The van der Waals surface area contributed by atoms with E-state index in [0.29, 0.717) is 25.1 Å². The second kappa shape index (κ2) is 8.33. The molecule has 2 aliphatic rings. The zero-order valence-corrected chi connectivity index (χ0v) is 16.9. The minimum absolute atomic E-state index is 0.0523. The predicted molar refractivity (Wildman–Crippen MR) is 113 cm³/mol. The number of amides is 2. The van der Waals surface area contributed by atoms with Crippen LogP contribution in [-0.2, 0) is 4.79 Å². The number of rotatable bonds is 4. The van der Waals surface area contributed by atoms with Crippen molar-refractivity contribution in [3.63, 3.8) is 0 Å². The first-order valence-corrected chi connectivity index (χ1v) is 10.4. The van der Waals surface area contributed by atoms with Crippen LogP contribution in [-0.4, -0.2) is 58.8 Å². The van der Waals surface area contributed by atoms with E-state index in [1.165, 1.54) is 0 Å². The van der Waals surface area contributed by atoms with Crippen LogP contribution < -0.4 is 5.32 Å². The maximum absolute atomic E-state index is 13.5. The Kier molecular flexibility index (Phi) is 5.62. The summed E-state index contributed by atoms with van der Waals surface area (Å²) in [4.78, 5) is 34.9. The fraction of sp³-hybridized carbons (Fsp3) is 0.435. The summed E-state index contributed by atoms with van der Waals surface area (Å²) in [6.45, 7) is 5.26. The molecule has 0 radical (unpaired) electrons. The van der Waals surface area contributed by atoms with Crippen LogP contribution in [0, 0.1) is 5.41 Å². The maximum atomic E-state index is 13.5. The van der Waals surface area contributed by atoms with Crippen LogP contribution in [0.25, 0.3) is 0 Å². The second-order valence-corrected chi connectivity index (χ2v) is 7.94. The molecule has 152 valence electrons. The topological polar surface area (TPSA) is 65.5 Å². The van der Waals surface area contributed by atoms with Crippen molar-refractivity contribution >= 4 is 17.5 Å². The van der Waals surface area contributed by atoms with E-state index in [1.54, 1.807) is 12.4 Å². The van der Waals surface area contributed by atoms with Crippen molar-refractivity contribution in [3.05, 3.63) is 60.4 Å². The van der Waals surface area contributed by atoms with E-state index in [2.05, 4.69) is 22.1 Å². The third-order valence-corrected chi connectivity index (χ3v) is 6.51. The number of likely N-dealkylation sites (tertiary alicyclic amines) is 2. The molecule has 6 nitrogen and oxygen atoms in total. The van der Waals surface area contributed by atoms with E-state index >= 15 is 0 Å². The molecule has 29 heavy (non-hydrogen) atoms. The Labute approximate surface area is 171 Å². The molecule has 2 fully saturated rings. The lowest BCUT2D eigenvalue weighted by molar-refractivity contribution is -0.127. The predicted octanol–water partition coefficient (Wildman–Crippen LogP) is 3.04. The summed E-state index contributed by atoms with van der Waals surface area (Å²) >= 11 is 0. The Hall–Kier alpha value is -2.73. The first kappa shape index (κ1) is 19.6. The number of carbonyl (C=O) groups excluding carboxylic acids is 2. The Morgan fingerprint density at radius 3 is 2.62 bits per heavy atom. The summed E-state index contributed by atoms with van der Waals surface area (Å²) in [5.74, 6) is 0.108. The normalized spacial score (nSPS) is 24.6. The average molecular weight is 393 g/mol. The van der Waals surface area contributed by atoms with Crippen LogP contribution in [0.2, 0.25) is 0 Å². The van der Waals surface area contributed by atoms with Gasteiger partial charge in [0.05, 0.1) is 17.3 Å². The van der Waals surface area contributed by atoms with Gasteiger partial charge in [0.1, 0.15) is 0 Å². The molecule has 4 rings (SSSR count). The molecule has 0 aliphatic carbocycles. The quantitative estimate of drug-likeness (QED) is 0.869. The number of aromatic nitrogens is 1. The number of fused-ring (bicyclic) bond motifs is 1. The number of carbonyl (C=O) groups is 2. The van der Waals surface area contributed by atoms with Crippen LogP contribution in [0.5, 0.6) is 0 Å². The number of nitrogens with one attached hydrogen (secondary N) is 1. The number of hydrogen-bond donors (Lipinski definition) is 1. The molecule has 2 aliphatic heterocycles. The summed E-state index contributed by atoms with van der Waals surface area (Å²) in [7, 11) is 0. The SMILES string of the molecule is CCN1CC[C@]2(C(=O)Nc3cccnc3)CCN(C(=O)c3ccccc3)CC[C@H]12. The Balaban J connectivity index is 1.57. The molecular formula is C23H28N4O2. The monoisotopic (exact) mass is 392 g/mol. The highest BCUT2D eigenvalue weighted by Crippen LogP contribution is 2.44. The lowest BCUT2D eigenvalue weighted by Gasteiger charge is -2.35. The molecule has 1 aromatic heterocycles. The van der Waals surface area contributed by atoms with Crippen LogP contribution in [0.3, 0.4) is 0 Å². The van der Waals surface area contributed by atoms with Gasteiger partial charge in [0.25, 0.3) is 5.91 Å². The van der Waals surface area contributed by atoms with Gasteiger partial charge in [-0.1, -0.05) is 25.1 Å². The smallest absolute Gasteiger partial charge is 0.253 e. The first-order valence-electron chi connectivity index (χ1n) is 10.4. The standard InChI is InChI=1S/C23H28N4O2/c1-2-26-15-11-23(22(29)25-19-9-6-13-24-17-19)12-16-27(14-10-20(23)26)21(28)18-7-4-3-5-8-18/h3-9,13,17,20H,2,10-12,14-16H2,1H3,(H,25,29)/t20-,23-/m0/s1. The van der Waals surface area contributed by atoms with Gasteiger partial charge < -0.3 is 10.2 Å². The number of hydrogen-bond acceptors (Lipinski definition) is 4. The number of pyridine rings is 1. The molecule has 0 bridgehead atoms. The first-order chi connectivity index (χ1) is 14.1. The van der Waals surface area contributed by atoms with Gasteiger partial charge in [-0.05, 0) is 56.6 Å². The third-order valence-electron chi connectivity index (χ3n) is 6.51. The summed E-state index contributed by atoms with van der Waals surface area (Å²) in [6.07, 6.45) is 5.69. The molecule has 2 aromatic rings. The highest BCUT2D eigenvalue weighted by atomic mass is 16.2. The van der Waals surface area contributed by atoms with Gasteiger partial charge in [0, 0.05) is 30.9 Å². The zero-order valence-electron chi connectivity index (χ0n) is 16.9. The lowest BCUT2D eigenvalue weighted by Crippen LogP contribution is -2.47. The summed E-state index contributed by atoms with van der Waals surface area (Å²) in [5, 5.41) is 3.09. The van der Waals surface area contributed by atoms with Crippen molar-refractivity contribution in [3.8, 4) is 0 Å². The summed E-state index contributed by atoms with van der Waals surface area (Å²) < 4.78 is 0. The van der Waals surface area contributed by atoms with Crippen molar-refractivity contribution in [1.29, 1.82) is 0 Å². The van der Waals surface area contributed by atoms with E-state index < -0.39 is 5.41 Å². The van der Waals surface area contributed by atoms with Gasteiger partial charge >= 0.3 is 0 Å². The minimum Gasteiger partial charge on any atom is -0.339 e. The largest absolute Gasteiger partial charge is 0.339 e. The molecule has 0 unspecified atom stereocenters. The van der Waals surface area contributed by atoms with Crippen molar-refractivity contribution in [2.24, 2.45) is 5.41 Å². The van der Waals surface area contributed by atoms with Crippen LogP contribution in [0.1, 0.15) is 36.5 Å². The van der Waals surface area contributed by atoms with Crippen molar-refractivity contribution in [2.45, 2.75) is 32.2 Å². The fourth-order valence-electron chi connectivity index (χ4n) is 4.91. The molecule has 6 heteroatoms. The summed E-state index contributed by atoms with van der Waals surface area (Å²) in [5.41, 5.74) is 0.959. The molecule has 2 amide bonds. The second-order valence-electron chi connectivity index (χ2n) is 7.94. The molecule has 2 saturated heterocycles. The fourth-order valence-corrected chi connectivity index (χ4v) is 4.91. The Morgan fingerprint density at radius 2 is 1.90 bits per heavy atom. The molecule has 2 atom stereocenters. The number of anilines is 1.